The van der Waals surface area contributed by atoms with Gasteiger partial charge < -0.3 is 10.6 Å². The molecule has 0 spiro atoms. The van der Waals surface area contributed by atoms with Gasteiger partial charge in [-0.15, -0.1) is 11.8 Å². The first kappa shape index (κ1) is 12.1. The fourth-order valence-corrected chi connectivity index (χ4v) is 3.09. The summed E-state index contributed by atoms with van der Waals surface area (Å²) in [6, 6.07) is 7.41. The smallest absolute Gasteiger partial charge is 0.278 e. The minimum Gasteiger partial charge on any atom is -0.399 e. The minimum absolute atomic E-state index is 0.0762. The second-order valence-corrected chi connectivity index (χ2v) is 5.54. The number of fused-ring (bicyclic) bond motifs is 1. The van der Waals surface area contributed by atoms with Gasteiger partial charge in [0.15, 0.2) is 5.69 Å². The second-order valence-electron chi connectivity index (χ2n) is 4.41. The third-order valence-electron chi connectivity index (χ3n) is 3.02. The first-order valence-electron chi connectivity index (χ1n) is 5.99. The van der Waals surface area contributed by atoms with Crippen molar-refractivity contribution in [2.24, 2.45) is 7.05 Å². The minimum atomic E-state index is -0.0762. The number of nitrogens with zero attached hydrogens (tertiary/aromatic N) is 3. The number of aryl methyl sites for hydroxylation is 1. The van der Waals surface area contributed by atoms with Gasteiger partial charge in [0, 0.05) is 36.1 Å². The van der Waals surface area contributed by atoms with Gasteiger partial charge in [-0.2, -0.15) is 5.10 Å². The fourth-order valence-electron chi connectivity index (χ4n) is 2.11. The van der Waals surface area contributed by atoms with Gasteiger partial charge in [-0.1, -0.05) is 0 Å². The molecule has 0 saturated carbocycles. The average molecular weight is 274 g/mol. The molecule has 2 aromatic rings. The number of thioether (sulfide) groups is 1. The van der Waals surface area contributed by atoms with Crippen molar-refractivity contribution in [1.29, 1.82) is 0 Å². The van der Waals surface area contributed by atoms with E-state index in [-0.39, 0.29) is 5.91 Å². The number of carbonyl (C=O) groups excluding carboxylic acids is 1. The van der Waals surface area contributed by atoms with Gasteiger partial charge in [0.1, 0.15) is 0 Å². The molecule has 5 nitrogen and oxygen atoms in total. The number of nitrogen functional groups attached to an aromatic ring is 1. The Labute approximate surface area is 115 Å². The number of anilines is 2. The summed E-state index contributed by atoms with van der Waals surface area (Å²) in [7, 11) is 1.80. The van der Waals surface area contributed by atoms with E-state index in [1.165, 1.54) is 0 Å². The van der Waals surface area contributed by atoms with Crippen LogP contribution in [0.5, 0.6) is 0 Å². The second kappa shape index (κ2) is 4.62. The molecule has 98 valence electrons. The Morgan fingerprint density at radius 2 is 2.26 bits per heavy atom. The Balaban J connectivity index is 1.99. The van der Waals surface area contributed by atoms with Crippen LogP contribution in [0.1, 0.15) is 10.5 Å². The number of carbonyl (C=O) groups is 1. The Bertz CT molecular complexity index is 637. The molecule has 1 amide bonds. The SMILES string of the molecule is Cn1ccc(C(=O)N2CCSc3ccc(N)cc32)n1. The number of aromatic nitrogens is 2. The molecule has 3 rings (SSSR count). The van der Waals surface area contributed by atoms with Crippen LogP contribution in [0.4, 0.5) is 11.4 Å². The van der Waals surface area contributed by atoms with Crippen LogP contribution in [-0.4, -0.2) is 28.0 Å². The summed E-state index contributed by atoms with van der Waals surface area (Å²) in [5, 5.41) is 4.17. The van der Waals surface area contributed by atoms with Crippen LogP contribution in [-0.2, 0) is 7.05 Å². The van der Waals surface area contributed by atoms with Crippen LogP contribution in [0.15, 0.2) is 35.4 Å². The highest BCUT2D eigenvalue weighted by Crippen LogP contribution is 2.36. The number of hydrogen-bond donors (Lipinski definition) is 1. The fraction of sp³-hybridized carbons (Fsp3) is 0.231. The largest absolute Gasteiger partial charge is 0.399 e. The number of nitrogens with two attached hydrogens (primary N) is 1. The van der Waals surface area contributed by atoms with E-state index in [1.807, 2.05) is 18.2 Å². The van der Waals surface area contributed by atoms with E-state index in [0.717, 1.165) is 16.3 Å². The lowest BCUT2D eigenvalue weighted by atomic mass is 10.2. The lowest BCUT2D eigenvalue weighted by Gasteiger charge is -2.28. The average Bonchev–Trinajstić information content (AvgIpc) is 2.84. The van der Waals surface area contributed by atoms with Gasteiger partial charge in [-0.3, -0.25) is 9.48 Å². The number of benzene rings is 1. The van der Waals surface area contributed by atoms with Crippen LogP contribution < -0.4 is 10.6 Å². The molecule has 19 heavy (non-hydrogen) atoms. The Hall–Kier alpha value is -1.95. The van der Waals surface area contributed by atoms with Crippen LogP contribution in [0, 0.1) is 0 Å². The summed E-state index contributed by atoms with van der Waals surface area (Å²) >= 11 is 1.74. The first-order chi connectivity index (χ1) is 9.15. The van der Waals surface area contributed by atoms with Crippen LogP contribution in [0.25, 0.3) is 0 Å². The van der Waals surface area contributed by atoms with Crippen LogP contribution in [0.2, 0.25) is 0 Å². The molecular formula is C13H14N4OS. The Morgan fingerprint density at radius 3 is 3.00 bits per heavy atom. The molecule has 1 aliphatic rings. The topological polar surface area (TPSA) is 64.2 Å². The van der Waals surface area contributed by atoms with E-state index in [1.54, 1.807) is 40.7 Å². The highest BCUT2D eigenvalue weighted by atomic mass is 32.2. The number of hydrogen-bond acceptors (Lipinski definition) is 4. The summed E-state index contributed by atoms with van der Waals surface area (Å²) in [5.41, 5.74) is 7.83. The van der Waals surface area contributed by atoms with Crippen molar-refractivity contribution >= 4 is 29.0 Å². The quantitative estimate of drug-likeness (QED) is 0.805. The maximum atomic E-state index is 12.5. The maximum absolute atomic E-state index is 12.5. The maximum Gasteiger partial charge on any atom is 0.278 e. The van der Waals surface area contributed by atoms with Crippen LogP contribution in [0.3, 0.4) is 0 Å². The molecule has 1 aromatic carbocycles. The van der Waals surface area contributed by atoms with Crippen molar-refractivity contribution in [1.82, 2.24) is 9.78 Å². The highest BCUT2D eigenvalue weighted by molar-refractivity contribution is 7.99. The molecule has 2 heterocycles. The molecule has 1 aliphatic heterocycles. The van der Waals surface area contributed by atoms with Crippen molar-refractivity contribution in [3.63, 3.8) is 0 Å². The van der Waals surface area contributed by atoms with Crippen molar-refractivity contribution in [3.05, 3.63) is 36.2 Å². The van der Waals surface area contributed by atoms with Gasteiger partial charge >= 0.3 is 0 Å². The summed E-state index contributed by atoms with van der Waals surface area (Å²) in [4.78, 5) is 15.3. The lowest BCUT2D eigenvalue weighted by molar-refractivity contribution is 0.0982. The molecule has 0 bridgehead atoms. The van der Waals surface area contributed by atoms with E-state index < -0.39 is 0 Å². The van der Waals surface area contributed by atoms with Gasteiger partial charge in [-0.05, 0) is 24.3 Å². The van der Waals surface area contributed by atoms with Crippen molar-refractivity contribution < 1.29 is 4.79 Å². The molecule has 0 saturated heterocycles. The molecule has 0 atom stereocenters. The Kier molecular flexibility index (Phi) is 2.94. The standard InChI is InChI=1S/C13H14N4OS/c1-16-5-4-10(15-16)13(18)17-6-7-19-12-3-2-9(14)8-11(12)17/h2-5,8H,6-7,14H2,1H3. The summed E-state index contributed by atoms with van der Waals surface area (Å²) in [6.07, 6.45) is 1.77. The van der Waals surface area contributed by atoms with Crippen molar-refractivity contribution in [2.75, 3.05) is 22.9 Å². The number of rotatable bonds is 1. The molecule has 0 fully saturated rings. The predicted octanol–water partition coefficient (Wildman–Crippen LogP) is 1.75. The van der Waals surface area contributed by atoms with E-state index >= 15 is 0 Å². The zero-order valence-corrected chi connectivity index (χ0v) is 11.4. The number of amides is 1. The summed E-state index contributed by atoms with van der Waals surface area (Å²) in [5.74, 6) is 0.808. The van der Waals surface area contributed by atoms with Gasteiger partial charge in [0.2, 0.25) is 0 Å². The Morgan fingerprint density at radius 1 is 1.42 bits per heavy atom. The zero-order valence-electron chi connectivity index (χ0n) is 10.5. The molecule has 0 radical (unpaired) electrons. The molecule has 2 N–H and O–H groups in total. The van der Waals surface area contributed by atoms with E-state index in [4.69, 9.17) is 5.73 Å². The molecule has 0 unspecified atom stereocenters. The third kappa shape index (κ3) is 2.19. The molecule has 1 aromatic heterocycles. The van der Waals surface area contributed by atoms with Gasteiger partial charge in [0.25, 0.3) is 5.91 Å². The first-order valence-corrected chi connectivity index (χ1v) is 6.97. The molecule has 6 heteroatoms. The monoisotopic (exact) mass is 274 g/mol. The third-order valence-corrected chi connectivity index (χ3v) is 4.07. The van der Waals surface area contributed by atoms with Gasteiger partial charge in [0.05, 0.1) is 5.69 Å². The van der Waals surface area contributed by atoms with Crippen molar-refractivity contribution in [3.8, 4) is 0 Å². The molecular weight excluding hydrogens is 260 g/mol. The van der Waals surface area contributed by atoms with Crippen LogP contribution >= 0.6 is 11.8 Å². The predicted molar refractivity (Wildman–Crippen MR) is 76.5 cm³/mol. The highest BCUT2D eigenvalue weighted by Gasteiger charge is 2.25. The van der Waals surface area contributed by atoms with E-state index in [2.05, 4.69) is 5.10 Å². The lowest BCUT2D eigenvalue weighted by Crippen LogP contribution is -2.35. The normalized spacial score (nSPS) is 14.3. The summed E-state index contributed by atoms with van der Waals surface area (Å²) in [6.45, 7) is 0.677. The van der Waals surface area contributed by atoms with E-state index in [0.29, 0.717) is 17.9 Å². The summed E-state index contributed by atoms with van der Waals surface area (Å²) < 4.78 is 1.63. The van der Waals surface area contributed by atoms with Crippen molar-refractivity contribution in [2.45, 2.75) is 4.90 Å². The van der Waals surface area contributed by atoms with E-state index in [9.17, 15) is 4.79 Å². The zero-order chi connectivity index (χ0) is 13.4. The molecule has 0 aliphatic carbocycles. The van der Waals surface area contributed by atoms with Gasteiger partial charge in [-0.25, -0.2) is 0 Å².